The summed E-state index contributed by atoms with van der Waals surface area (Å²) in [6.07, 6.45) is 1.90. The van der Waals surface area contributed by atoms with Crippen LogP contribution in [0.25, 0.3) is 0 Å². The summed E-state index contributed by atoms with van der Waals surface area (Å²) in [5.41, 5.74) is 0. The predicted molar refractivity (Wildman–Crippen MR) is 31.9 cm³/mol. The van der Waals surface area contributed by atoms with E-state index in [1.807, 2.05) is 0 Å². The van der Waals surface area contributed by atoms with Crippen molar-refractivity contribution in [1.82, 2.24) is 0 Å². The van der Waals surface area contributed by atoms with Gasteiger partial charge in [0.1, 0.15) is 6.29 Å². The van der Waals surface area contributed by atoms with Gasteiger partial charge in [-0.05, 0) is 6.42 Å². The van der Waals surface area contributed by atoms with Gasteiger partial charge in [-0.15, -0.1) is 0 Å². The lowest BCUT2D eigenvalue weighted by Crippen LogP contribution is -2.00. The number of hydrogen-bond acceptors (Lipinski definition) is 3. The molecule has 0 spiro atoms. The summed E-state index contributed by atoms with van der Waals surface area (Å²) in [5, 5.41) is 0. The summed E-state index contributed by atoms with van der Waals surface area (Å²) in [7, 11) is 0. The molecule has 0 atom stereocenters. The Morgan fingerprint density at radius 3 is 2.78 bits per heavy atom. The van der Waals surface area contributed by atoms with E-state index < -0.39 is 0 Å². The molecule has 0 heterocycles. The van der Waals surface area contributed by atoms with Gasteiger partial charge in [0.15, 0.2) is 0 Å². The topological polar surface area (TPSA) is 43.4 Å². The van der Waals surface area contributed by atoms with Crippen molar-refractivity contribution in [2.24, 2.45) is 0 Å². The van der Waals surface area contributed by atoms with Crippen molar-refractivity contribution >= 4 is 12.3 Å². The zero-order chi connectivity index (χ0) is 7.11. The number of aldehydes is 1. The van der Waals surface area contributed by atoms with Crippen molar-refractivity contribution in [3.05, 3.63) is 0 Å². The highest BCUT2D eigenvalue weighted by Gasteiger charge is 1.90. The quantitative estimate of drug-likeness (QED) is 0.316. The van der Waals surface area contributed by atoms with Crippen molar-refractivity contribution < 1.29 is 14.3 Å². The Kier molecular flexibility index (Phi) is 4.78. The predicted octanol–water partition coefficient (Wildman–Crippen LogP) is 0.529. The van der Waals surface area contributed by atoms with Crippen LogP contribution in [-0.2, 0) is 14.3 Å². The Balaban J connectivity index is 2.91. The molecule has 0 aromatic carbocycles. The number of esters is 1. The normalized spacial score (nSPS) is 8.56. The zero-order valence-corrected chi connectivity index (χ0v) is 5.42. The zero-order valence-electron chi connectivity index (χ0n) is 5.42. The Bertz CT molecular complexity index is 98.5. The minimum Gasteiger partial charge on any atom is -0.466 e. The number of carbonyl (C=O) groups excluding carboxylic acids is 2. The fourth-order valence-electron chi connectivity index (χ4n) is 0.383. The van der Waals surface area contributed by atoms with Gasteiger partial charge in [0.2, 0.25) is 0 Å². The van der Waals surface area contributed by atoms with E-state index in [9.17, 15) is 9.59 Å². The molecule has 0 amide bonds. The van der Waals surface area contributed by atoms with Crippen LogP contribution in [0.3, 0.4) is 0 Å². The fourth-order valence-corrected chi connectivity index (χ4v) is 0.383. The van der Waals surface area contributed by atoms with Crippen LogP contribution in [0.15, 0.2) is 0 Å². The maximum atomic E-state index is 10.1. The second-order valence-corrected chi connectivity index (χ2v) is 1.65. The smallest absolute Gasteiger partial charge is 0.302 e. The molecular weight excluding hydrogens is 120 g/mol. The molecule has 0 aromatic rings. The number of rotatable bonds is 4. The van der Waals surface area contributed by atoms with E-state index in [0.717, 1.165) is 6.29 Å². The van der Waals surface area contributed by atoms with Gasteiger partial charge in [0, 0.05) is 13.3 Å². The van der Waals surface area contributed by atoms with Crippen LogP contribution in [0.2, 0.25) is 0 Å². The maximum absolute atomic E-state index is 10.1. The van der Waals surface area contributed by atoms with Crippen molar-refractivity contribution in [3.8, 4) is 0 Å². The van der Waals surface area contributed by atoms with E-state index in [4.69, 9.17) is 0 Å². The molecule has 9 heavy (non-hydrogen) atoms. The molecule has 3 nitrogen and oxygen atoms in total. The second-order valence-electron chi connectivity index (χ2n) is 1.65. The Morgan fingerprint density at radius 2 is 2.33 bits per heavy atom. The molecular formula is C6H10O3. The summed E-state index contributed by atoms with van der Waals surface area (Å²) >= 11 is 0. The first kappa shape index (κ1) is 8.14. The van der Waals surface area contributed by atoms with Gasteiger partial charge in [0.25, 0.3) is 0 Å². The summed E-state index contributed by atoms with van der Waals surface area (Å²) in [5.74, 6) is -0.291. The highest BCUT2D eigenvalue weighted by Crippen LogP contribution is 1.85. The average molecular weight is 130 g/mol. The van der Waals surface area contributed by atoms with Crippen LogP contribution in [-0.4, -0.2) is 18.9 Å². The lowest BCUT2D eigenvalue weighted by molar-refractivity contribution is -0.141. The maximum Gasteiger partial charge on any atom is 0.302 e. The van der Waals surface area contributed by atoms with Gasteiger partial charge < -0.3 is 9.53 Å². The van der Waals surface area contributed by atoms with Gasteiger partial charge in [-0.25, -0.2) is 0 Å². The monoisotopic (exact) mass is 130 g/mol. The minimum atomic E-state index is -0.291. The molecule has 0 aromatic heterocycles. The Hall–Kier alpha value is -0.860. The largest absolute Gasteiger partial charge is 0.466 e. The van der Waals surface area contributed by atoms with E-state index >= 15 is 0 Å². The molecule has 0 radical (unpaired) electrons. The number of unbranched alkanes of at least 4 members (excludes halogenated alkanes) is 1. The van der Waals surface area contributed by atoms with Gasteiger partial charge in [-0.2, -0.15) is 0 Å². The third kappa shape index (κ3) is 7.14. The molecule has 0 N–H and O–H groups in total. The van der Waals surface area contributed by atoms with Gasteiger partial charge >= 0.3 is 5.97 Å². The number of carbonyl (C=O) groups is 2. The van der Waals surface area contributed by atoms with Crippen LogP contribution >= 0.6 is 0 Å². The van der Waals surface area contributed by atoms with E-state index in [1.54, 1.807) is 0 Å². The molecule has 0 bridgehead atoms. The van der Waals surface area contributed by atoms with Crippen molar-refractivity contribution in [3.63, 3.8) is 0 Å². The first-order chi connectivity index (χ1) is 4.27. The molecule has 0 saturated heterocycles. The second kappa shape index (κ2) is 5.28. The van der Waals surface area contributed by atoms with Crippen LogP contribution in [0.5, 0.6) is 0 Å². The molecule has 0 aliphatic carbocycles. The molecule has 0 saturated carbocycles. The summed E-state index contributed by atoms with van der Waals surface area (Å²) < 4.78 is 4.55. The molecule has 0 aliphatic heterocycles. The molecule has 0 fully saturated rings. The lowest BCUT2D eigenvalue weighted by Gasteiger charge is -1.96. The van der Waals surface area contributed by atoms with E-state index in [0.29, 0.717) is 19.4 Å². The number of hydrogen-bond donors (Lipinski definition) is 0. The summed E-state index contributed by atoms with van der Waals surface area (Å²) in [6.45, 7) is 1.70. The van der Waals surface area contributed by atoms with Gasteiger partial charge in [0.05, 0.1) is 6.61 Å². The first-order valence-electron chi connectivity index (χ1n) is 2.84. The SMILES string of the molecule is CC(=O)OCCCC=O. The van der Waals surface area contributed by atoms with Crippen LogP contribution in [0.4, 0.5) is 0 Å². The summed E-state index contributed by atoms with van der Waals surface area (Å²) in [4.78, 5) is 19.8. The van der Waals surface area contributed by atoms with Crippen LogP contribution in [0, 0.1) is 0 Å². The Labute approximate surface area is 54.0 Å². The fraction of sp³-hybridized carbons (Fsp3) is 0.667. The van der Waals surface area contributed by atoms with E-state index in [2.05, 4.69) is 4.74 Å². The van der Waals surface area contributed by atoms with E-state index in [-0.39, 0.29) is 5.97 Å². The third-order valence-corrected chi connectivity index (χ3v) is 0.772. The highest BCUT2D eigenvalue weighted by molar-refractivity contribution is 5.65. The van der Waals surface area contributed by atoms with E-state index in [1.165, 1.54) is 6.92 Å². The first-order valence-corrected chi connectivity index (χ1v) is 2.84. The van der Waals surface area contributed by atoms with Gasteiger partial charge in [-0.1, -0.05) is 0 Å². The highest BCUT2D eigenvalue weighted by atomic mass is 16.5. The molecule has 52 valence electrons. The van der Waals surface area contributed by atoms with Crippen LogP contribution < -0.4 is 0 Å². The van der Waals surface area contributed by atoms with Crippen molar-refractivity contribution in [2.75, 3.05) is 6.61 Å². The molecule has 0 rings (SSSR count). The summed E-state index contributed by atoms with van der Waals surface area (Å²) in [6, 6.07) is 0. The molecule has 0 unspecified atom stereocenters. The van der Waals surface area contributed by atoms with Crippen LogP contribution in [0.1, 0.15) is 19.8 Å². The van der Waals surface area contributed by atoms with Gasteiger partial charge in [-0.3, -0.25) is 4.79 Å². The average Bonchev–Trinajstić information content (AvgIpc) is 1.80. The Morgan fingerprint density at radius 1 is 1.67 bits per heavy atom. The van der Waals surface area contributed by atoms with Crippen molar-refractivity contribution in [1.29, 1.82) is 0 Å². The standard InChI is InChI=1S/C6H10O3/c1-6(8)9-5-3-2-4-7/h4H,2-3,5H2,1H3. The lowest BCUT2D eigenvalue weighted by atomic mass is 10.3. The molecule has 0 aliphatic rings. The van der Waals surface area contributed by atoms with Crippen molar-refractivity contribution in [2.45, 2.75) is 19.8 Å². The minimum absolute atomic E-state index is 0.291. The molecule has 3 heteroatoms. The third-order valence-electron chi connectivity index (χ3n) is 0.772. The number of ether oxygens (including phenoxy) is 1.